The third-order valence-electron chi connectivity index (χ3n) is 2.37. The van der Waals surface area contributed by atoms with Crippen LogP contribution in [0.2, 0.25) is 0 Å². The molecule has 1 aromatic carbocycles. The van der Waals surface area contributed by atoms with E-state index in [2.05, 4.69) is 10.3 Å². The number of hydrogen-bond donors (Lipinski definition) is 1. The van der Waals surface area contributed by atoms with Crippen LogP contribution in [0.5, 0.6) is 11.5 Å². The first-order valence-electron chi connectivity index (χ1n) is 5.26. The quantitative estimate of drug-likeness (QED) is 0.881. The SMILES string of the molecule is CNc1cncc(Oc2ccc(F)cc2C)c1. The van der Waals surface area contributed by atoms with Crippen molar-refractivity contribution in [2.75, 3.05) is 12.4 Å². The summed E-state index contributed by atoms with van der Waals surface area (Å²) < 4.78 is 18.6. The first-order valence-corrected chi connectivity index (χ1v) is 5.26. The zero-order valence-corrected chi connectivity index (χ0v) is 9.70. The zero-order chi connectivity index (χ0) is 12.3. The van der Waals surface area contributed by atoms with Crippen LogP contribution in [0.15, 0.2) is 36.7 Å². The van der Waals surface area contributed by atoms with Crippen LogP contribution in [0.4, 0.5) is 10.1 Å². The topological polar surface area (TPSA) is 34.2 Å². The van der Waals surface area contributed by atoms with Crippen LogP contribution in [-0.4, -0.2) is 12.0 Å². The molecule has 0 atom stereocenters. The largest absolute Gasteiger partial charge is 0.455 e. The molecule has 0 saturated heterocycles. The smallest absolute Gasteiger partial charge is 0.147 e. The van der Waals surface area contributed by atoms with Crippen molar-refractivity contribution in [1.82, 2.24) is 4.98 Å². The summed E-state index contributed by atoms with van der Waals surface area (Å²) in [6, 6.07) is 6.24. The van der Waals surface area contributed by atoms with E-state index in [4.69, 9.17) is 4.74 Å². The molecule has 0 amide bonds. The van der Waals surface area contributed by atoms with E-state index in [1.807, 2.05) is 13.1 Å². The third kappa shape index (κ3) is 2.72. The molecule has 1 N–H and O–H groups in total. The van der Waals surface area contributed by atoms with Crippen molar-refractivity contribution in [3.8, 4) is 11.5 Å². The summed E-state index contributed by atoms with van der Waals surface area (Å²) in [4.78, 5) is 4.04. The van der Waals surface area contributed by atoms with Crippen molar-refractivity contribution >= 4 is 5.69 Å². The van der Waals surface area contributed by atoms with Gasteiger partial charge in [0.1, 0.15) is 17.3 Å². The van der Waals surface area contributed by atoms with E-state index in [-0.39, 0.29) is 5.82 Å². The van der Waals surface area contributed by atoms with Crippen molar-refractivity contribution in [2.24, 2.45) is 0 Å². The molecular formula is C13H13FN2O. The van der Waals surface area contributed by atoms with Gasteiger partial charge in [-0.05, 0) is 30.7 Å². The summed E-state index contributed by atoms with van der Waals surface area (Å²) in [5, 5.41) is 2.97. The van der Waals surface area contributed by atoms with Crippen LogP contribution in [0.1, 0.15) is 5.56 Å². The molecular weight excluding hydrogens is 219 g/mol. The molecule has 0 fully saturated rings. The predicted molar refractivity (Wildman–Crippen MR) is 65.0 cm³/mol. The summed E-state index contributed by atoms with van der Waals surface area (Å²) in [7, 11) is 1.81. The van der Waals surface area contributed by atoms with Gasteiger partial charge in [-0.2, -0.15) is 0 Å². The summed E-state index contributed by atoms with van der Waals surface area (Å²) in [5.41, 5.74) is 1.61. The van der Waals surface area contributed by atoms with Crippen molar-refractivity contribution in [3.05, 3.63) is 48.0 Å². The lowest BCUT2D eigenvalue weighted by Crippen LogP contribution is -1.92. The highest BCUT2D eigenvalue weighted by Crippen LogP contribution is 2.26. The van der Waals surface area contributed by atoms with E-state index >= 15 is 0 Å². The van der Waals surface area contributed by atoms with E-state index in [9.17, 15) is 4.39 Å². The number of nitrogens with zero attached hydrogens (tertiary/aromatic N) is 1. The first-order chi connectivity index (χ1) is 8.19. The van der Waals surface area contributed by atoms with Gasteiger partial charge in [0.05, 0.1) is 18.1 Å². The van der Waals surface area contributed by atoms with Crippen LogP contribution >= 0.6 is 0 Å². The number of rotatable bonds is 3. The Morgan fingerprint density at radius 2 is 2.06 bits per heavy atom. The number of aromatic nitrogens is 1. The molecule has 2 rings (SSSR count). The Bertz CT molecular complexity index is 529. The zero-order valence-electron chi connectivity index (χ0n) is 9.70. The van der Waals surface area contributed by atoms with E-state index in [1.165, 1.54) is 12.1 Å². The number of hydrogen-bond acceptors (Lipinski definition) is 3. The lowest BCUT2D eigenvalue weighted by Gasteiger charge is -2.09. The average molecular weight is 232 g/mol. The number of pyridine rings is 1. The molecule has 88 valence electrons. The van der Waals surface area contributed by atoms with Gasteiger partial charge in [0.15, 0.2) is 0 Å². The minimum atomic E-state index is -0.267. The first kappa shape index (κ1) is 11.4. The molecule has 0 spiro atoms. The number of halogens is 1. The minimum absolute atomic E-state index is 0.267. The van der Waals surface area contributed by atoms with Gasteiger partial charge >= 0.3 is 0 Å². The molecule has 17 heavy (non-hydrogen) atoms. The van der Waals surface area contributed by atoms with Crippen LogP contribution in [-0.2, 0) is 0 Å². The lowest BCUT2D eigenvalue weighted by atomic mass is 10.2. The fourth-order valence-corrected chi connectivity index (χ4v) is 1.47. The molecule has 0 aliphatic heterocycles. The highest BCUT2D eigenvalue weighted by Gasteiger charge is 2.03. The van der Waals surface area contributed by atoms with Crippen LogP contribution in [0, 0.1) is 12.7 Å². The summed E-state index contributed by atoms with van der Waals surface area (Å²) >= 11 is 0. The minimum Gasteiger partial charge on any atom is -0.455 e. The molecule has 1 heterocycles. The molecule has 2 aromatic rings. The number of aryl methyl sites for hydroxylation is 1. The lowest BCUT2D eigenvalue weighted by molar-refractivity contribution is 0.474. The second-order valence-electron chi connectivity index (χ2n) is 3.67. The molecule has 0 radical (unpaired) electrons. The Balaban J connectivity index is 2.25. The Kier molecular flexibility index (Phi) is 3.23. The summed E-state index contributed by atoms with van der Waals surface area (Å²) in [6.45, 7) is 1.80. The molecule has 0 aliphatic carbocycles. The monoisotopic (exact) mass is 232 g/mol. The summed E-state index contributed by atoms with van der Waals surface area (Å²) in [5.74, 6) is 0.977. The Morgan fingerprint density at radius 3 is 2.76 bits per heavy atom. The summed E-state index contributed by atoms with van der Waals surface area (Å²) in [6.07, 6.45) is 3.31. The molecule has 4 heteroatoms. The molecule has 3 nitrogen and oxygen atoms in total. The van der Waals surface area contributed by atoms with Crippen LogP contribution < -0.4 is 10.1 Å². The van der Waals surface area contributed by atoms with Crippen molar-refractivity contribution in [2.45, 2.75) is 6.92 Å². The molecule has 0 bridgehead atoms. The van der Waals surface area contributed by atoms with E-state index in [0.717, 1.165) is 11.3 Å². The van der Waals surface area contributed by atoms with Gasteiger partial charge in [0.25, 0.3) is 0 Å². The maximum absolute atomic E-state index is 12.9. The maximum Gasteiger partial charge on any atom is 0.147 e. The molecule has 0 saturated carbocycles. The second kappa shape index (κ2) is 4.82. The van der Waals surface area contributed by atoms with Gasteiger partial charge in [0, 0.05) is 13.1 Å². The average Bonchev–Trinajstić information content (AvgIpc) is 2.33. The van der Waals surface area contributed by atoms with Crippen LogP contribution in [0.25, 0.3) is 0 Å². The van der Waals surface area contributed by atoms with E-state index < -0.39 is 0 Å². The standard InChI is InChI=1S/C13H13FN2O/c1-9-5-10(14)3-4-13(9)17-12-6-11(15-2)7-16-8-12/h3-8,15H,1-2H3. The van der Waals surface area contributed by atoms with Gasteiger partial charge in [0.2, 0.25) is 0 Å². The second-order valence-corrected chi connectivity index (χ2v) is 3.67. The van der Waals surface area contributed by atoms with Gasteiger partial charge in [-0.1, -0.05) is 0 Å². The third-order valence-corrected chi connectivity index (χ3v) is 2.37. The normalized spacial score (nSPS) is 10.1. The Labute approximate surface area is 99.3 Å². The fraction of sp³-hybridized carbons (Fsp3) is 0.154. The number of benzene rings is 1. The Morgan fingerprint density at radius 1 is 1.24 bits per heavy atom. The fourth-order valence-electron chi connectivity index (χ4n) is 1.47. The van der Waals surface area contributed by atoms with Crippen molar-refractivity contribution < 1.29 is 9.13 Å². The highest BCUT2D eigenvalue weighted by atomic mass is 19.1. The van der Waals surface area contributed by atoms with Gasteiger partial charge in [-0.3, -0.25) is 4.98 Å². The number of anilines is 1. The van der Waals surface area contributed by atoms with E-state index in [1.54, 1.807) is 25.4 Å². The van der Waals surface area contributed by atoms with Gasteiger partial charge in [-0.25, -0.2) is 4.39 Å². The Hall–Kier alpha value is -2.10. The molecule has 0 unspecified atom stereocenters. The van der Waals surface area contributed by atoms with Gasteiger partial charge < -0.3 is 10.1 Å². The van der Waals surface area contributed by atoms with E-state index in [0.29, 0.717) is 11.5 Å². The van der Waals surface area contributed by atoms with Gasteiger partial charge in [-0.15, -0.1) is 0 Å². The number of nitrogens with one attached hydrogen (secondary N) is 1. The van der Waals surface area contributed by atoms with Crippen molar-refractivity contribution in [1.29, 1.82) is 0 Å². The highest BCUT2D eigenvalue weighted by molar-refractivity contribution is 5.46. The maximum atomic E-state index is 12.9. The molecule has 0 aliphatic rings. The van der Waals surface area contributed by atoms with Crippen molar-refractivity contribution in [3.63, 3.8) is 0 Å². The van der Waals surface area contributed by atoms with Crippen LogP contribution in [0.3, 0.4) is 0 Å². The predicted octanol–water partition coefficient (Wildman–Crippen LogP) is 3.36. The molecule has 1 aromatic heterocycles. The number of ether oxygens (including phenoxy) is 1.